The number of esters is 1. The van der Waals surface area contributed by atoms with Gasteiger partial charge in [-0.2, -0.15) is 0 Å². The van der Waals surface area contributed by atoms with E-state index >= 15 is 0 Å². The summed E-state index contributed by atoms with van der Waals surface area (Å²) in [5.41, 5.74) is 4.98. The molecule has 2 aliphatic heterocycles. The Morgan fingerprint density at radius 3 is 2.53 bits per heavy atom. The molecule has 34 heavy (non-hydrogen) atoms. The highest BCUT2D eigenvalue weighted by atomic mass is 79.9. The van der Waals surface area contributed by atoms with Gasteiger partial charge in [0, 0.05) is 12.1 Å². The van der Waals surface area contributed by atoms with Crippen LogP contribution in [0, 0.1) is 0 Å². The molecule has 0 amide bonds. The smallest absolute Gasteiger partial charge is 0.315 e. The molecule has 0 aliphatic carbocycles. The van der Waals surface area contributed by atoms with Crippen LogP contribution in [0.2, 0.25) is 0 Å². The summed E-state index contributed by atoms with van der Waals surface area (Å²) in [6.45, 7) is 0.619. The van der Waals surface area contributed by atoms with E-state index in [2.05, 4.69) is 62.1 Å². The zero-order chi connectivity index (χ0) is 23.2. The Bertz CT molecular complexity index is 1440. The van der Waals surface area contributed by atoms with Gasteiger partial charge in [-0.3, -0.25) is 4.79 Å². The van der Waals surface area contributed by atoms with E-state index in [9.17, 15) is 9.59 Å². The maximum absolute atomic E-state index is 12.5. The quantitative estimate of drug-likeness (QED) is 0.112. The summed E-state index contributed by atoms with van der Waals surface area (Å²) in [7, 11) is 0. The lowest BCUT2D eigenvalue weighted by molar-refractivity contribution is -0.131. The number of fused-ring (bicyclic) bond motifs is 3. The molecule has 2 aliphatic rings. The molecule has 5 nitrogen and oxygen atoms in total. The van der Waals surface area contributed by atoms with E-state index in [1.54, 1.807) is 0 Å². The van der Waals surface area contributed by atoms with Crippen molar-refractivity contribution in [2.45, 2.75) is 24.1 Å². The van der Waals surface area contributed by atoms with E-state index < -0.39 is 6.04 Å². The molecular formula is C28H21BrN2O3. The van der Waals surface area contributed by atoms with Gasteiger partial charge in [0.25, 0.3) is 0 Å². The molecule has 0 N–H and O–H groups in total. The second-order valence-corrected chi connectivity index (χ2v) is 9.43. The van der Waals surface area contributed by atoms with Crippen molar-refractivity contribution in [3.05, 3.63) is 102 Å². The van der Waals surface area contributed by atoms with Crippen LogP contribution in [-0.4, -0.2) is 17.3 Å². The first-order valence-corrected chi connectivity index (χ1v) is 12.1. The van der Waals surface area contributed by atoms with Gasteiger partial charge < -0.3 is 19.3 Å². The zero-order valence-corrected chi connectivity index (χ0v) is 19.8. The van der Waals surface area contributed by atoms with Crippen LogP contribution in [0.5, 0.6) is 5.75 Å². The Balaban J connectivity index is 1.36. The minimum atomic E-state index is -0.453. The van der Waals surface area contributed by atoms with Crippen molar-refractivity contribution in [1.82, 2.24) is 0 Å². The topological polar surface area (TPSA) is 49.9 Å². The van der Waals surface area contributed by atoms with Gasteiger partial charge in [-0.05, 0) is 68.2 Å². The van der Waals surface area contributed by atoms with Gasteiger partial charge >= 0.3 is 5.97 Å². The minimum absolute atomic E-state index is 0.215. The van der Waals surface area contributed by atoms with Crippen LogP contribution in [0.25, 0.3) is 10.8 Å². The fourth-order valence-corrected chi connectivity index (χ4v) is 5.76. The van der Waals surface area contributed by atoms with E-state index in [0.29, 0.717) is 18.7 Å². The molecule has 0 aromatic heterocycles. The van der Waals surface area contributed by atoms with Gasteiger partial charge in [-0.25, -0.2) is 0 Å². The first-order chi connectivity index (χ1) is 16.6. The van der Waals surface area contributed by atoms with Crippen LogP contribution >= 0.6 is 15.9 Å². The predicted octanol–water partition coefficient (Wildman–Crippen LogP) is 5.75. The highest BCUT2D eigenvalue weighted by Gasteiger charge is 2.38. The largest absolute Gasteiger partial charge is 0.426 e. The molecule has 0 saturated carbocycles. The van der Waals surface area contributed by atoms with Crippen molar-refractivity contribution in [3.63, 3.8) is 0 Å². The Hall–Kier alpha value is -3.64. The first-order valence-electron chi connectivity index (χ1n) is 11.2. The standard InChI is InChI=1S/C28H21BrN2O3/c29-28-30(16-18-9-12-26-22(13-18)15-27(33)34-26)23-7-3-4-8-24(23)31(28)25(17-32)21-11-10-19-5-1-2-6-20(19)14-21/h1-14,17,25,28H,15-16H2. The third-order valence-electron chi connectivity index (χ3n) is 6.54. The third-order valence-corrected chi connectivity index (χ3v) is 7.47. The molecule has 6 heteroatoms. The van der Waals surface area contributed by atoms with Gasteiger partial charge in [0.1, 0.15) is 18.1 Å². The predicted molar refractivity (Wildman–Crippen MR) is 136 cm³/mol. The van der Waals surface area contributed by atoms with Crippen molar-refractivity contribution in [1.29, 1.82) is 0 Å². The normalized spacial score (nSPS) is 17.4. The van der Waals surface area contributed by atoms with Gasteiger partial charge in [0.15, 0.2) is 5.08 Å². The number of carbonyl (C=O) groups is 2. The zero-order valence-electron chi connectivity index (χ0n) is 18.2. The van der Waals surface area contributed by atoms with E-state index in [4.69, 9.17) is 4.74 Å². The molecule has 0 spiro atoms. The molecule has 4 aromatic rings. The number of anilines is 2. The Kier molecular flexibility index (Phi) is 5.11. The summed E-state index contributed by atoms with van der Waals surface area (Å²) in [5.74, 6) is 0.428. The number of alkyl halides is 1. The van der Waals surface area contributed by atoms with Crippen LogP contribution in [0.1, 0.15) is 22.7 Å². The molecule has 2 unspecified atom stereocenters. The number of hydrogen-bond donors (Lipinski definition) is 0. The number of rotatable bonds is 5. The summed E-state index contributed by atoms with van der Waals surface area (Å²) in [6.07, 6.45) is 1.32. The summed E-state index contributed by atoms with van der Waals surface area (Å²) in [4.78, 5) is 28.5. The maximum atomic E-state index is 12.5. The van der Waals surface area contributed by atoms with Crippen molar-refractivity contribution < 1.29 is 14.3 Å². The molecule has 0 fully saturated rings. The molecule has 6 rings (SSSR count). The van der Waals surface area contributed by atoms with E-state index in [1.165, 1.54) is 0 Å². The van der Waals surface area contributed by atoms with E-state index in [-0.39, 0.29) is 11.0 Å². The first kappa shape index (κ1) is 20.9. The molecule has 2 heterocycles. The number of benzene rings is 4. The number of ether oxygens (including phenoxy) is 1. The van der Waals surface area contributed by atoms with Crippen LogP contribution in [0.15, 0.2) is 84.9 Å². The molecular weight excluding hydrogens is 492 g/mol. The molecule has 0 saturated heterocycles. The van der Waals surface area contributed by atoms with Gasteiger partial charge in [-0.1, -0.05) is 54.6 Å². The number of halogens is 1. The second kappa shape index (κ2) is 8.29. The Morgan fingerprint density at radius 1 is 0.941 bits per heavy atom. The van der Waals surface area contributed by atoms with Crippen LogP contribution in [-0.2, 0) is 22.6 Å². The number of aldehydes is 1. The van der Waals surface area contributed by atoms with Gasteiger partial charge in [-0.15, -0.1) is 0 Å². The van der Waals surface area contributed by atoms with Crippen molar-refractivity contribution in [2.75, 3.05) is 9.80 Å². The lowest BCUT2D eigenvalue weighted by atomic mass is 10.0. The summed E-state index contributed by atoms with van der Waals surface area (Å²) in [6, 6.07) is 27.9. The molecule has 2 atom stereocenters. The van der Waals surface area contributed by atoms with Crippen LogP contribution in [0.3, 0.4) is 0 Å². The SMILES string of the molecule is O=CC(c1ccc2ccccc2c1)N1c2ccccc2N(Cc2ccc3c(c2)CC(=O)O3)C1Br. The second-order valence-electron chi connectivity index (χ2n) is 8.61. The Labute approximate surface area is 205 Å². The third kappa shape index (κ3) is 3.46. The summed E-state index contributed by atoms with van der Waals surface area (Å²) < 4.78 is 5.24. The van der Waals surface area contributed by atoms with Crippen molar-refractivity contribution >= 4 is 50.3 Å². The lowest BCUT2D eigenvalue weighted by Gasteiger charge is -2.32. The summed E-state index contributed by atoms with van der Waals surface area (Å²) in [5, 5.41) is 2.03. The fourth-order valence-electron chi connectivity index (χ4n) is 4.92. The average molecular weight is 513 g/mol. The fraction of sp³-hybridized carbons (Fsp3) is 0.143. The van der Waals surface area contributed by atoms with Crippen molar-refractivity contribution in [3.8, 4) is 5.75 Å². The minimum Gasteiger partial charge on any atom is -0.426 e. The molecule has 168 valence electrons. The molecule has 0 radical (unpaired) electrons. The van der Waals surface area contributed by atoms with Gasteiger partial charge in [0.05, 0.1) is 17.8 Å². The van der Waals surface area contributed by atoms with Crippen molar-refractivity contribution in [2.24, 2.45) is 0 Å². The summed E-state index contributed by atoms with van der Waals surface area (Å²) >= 11 is 3.88. The van der Waals surface area contributed by atoms with E-state index in [0.717, 1.165) is 45.1 Å². The van der Waals surface area contributed by atoms with E-state index in [1.807, 2.05) is 48.5 Å². The number of nitrogens with zero attached hydrogens (tertiary/aromatic N) is 2. The number of hydrogen-bond acceptors (Lipinski definition) is 5. The lowest BCUT2D eigenvalue weighted by Crippen LogP contribution is -2.41. The monoisotopic (exact) mass is 512 g/mol. The Morgan fingerprint density at radius 2 is 1.71 bits per heavy atom. The number of carbonyl (C=O) groups excluding carboxylic acids is 2. The maximum Gasteiger partial charge on any atom is 0.315 e. The average Bonchev–Trinajstić information content (AvgIpc) is 3.36. The number of para-hydroxylation sites is 2. The van der Waals surface area contributed by atoms with Gasteiger partial charge in [0.2, 0.25) is 0 Å². The highest BCUT2D eigenvalue weighted by molar-refractivity contribution is 9.09. The van der Waals surface area contributed by atoms with Crippen LogP contribution in [0.4, 0.5) is 11.4 Å². The highest BCUT2D eigenvalue weighted by Crippen LogP contribution is 2.46. The molecule has 0 bridgehead atoms. The van der Waals surface area contributed by atoms with Crippen LogP contribution < -0.4 is 14.5 Å². The molecule has 4 aromatic carbocycles.